The van der Waals surface area contributed by atoms with Gasteiger partial charge in [0.2, 0.25) is 11.8 Å². The first-order valence-corrected chi connectivity index (χ1v) is 7.77. The van der Waals surface area contributed by atoms with E-state index in [1.54, 1.807) is 11.8 Å². The second-order valence-corrected chi connectivity index (χ2v) is 5.40. The van der Waals surface area contributed by atoms with Gasteiger partial charge in [0.05, 0.1) is 6.10 Å². The van der Waals surface area contributed by atoms with Gasteiger partial charge in [-0.3, -0.25) is 9.59 Å². The highest BCUT2D eigenvalue weighted by atomic mass is 16.5. The molecule has 0 radical (unpaired) electrons. The number of unbranched alkanes of at least 4 members (excludes halogenated alkanes) is 2. The fourth-order valence-electron chi connectivity index (χ4n) is 2.34. The first-order valence-electron chi connectivity index (χ1n) is 7.77. The summed E-state index contributed by atoms with van der Waals surface area (Å²) in [5.41, 5.74) is 0. The van der Waals surface area contributed by atoms with E-state index < -0.39 is 0 Å². The molecule has 0 aromatic carbocycles. The Kier molecular flexibility index (Phi) is 8.26. The summed E-state index contributed by atoms with van der Waals surface area (Å²) in [5.74, 6) is 0.0512. The summed E-state index contributed by atoms with van der Waals surface area (Å²) in [6, 6.07) is 0. The van der Waals surface area contributed by atoms with E-state index in [1.165, 1.54) is 0 Å². The predicted molar refractivity (Wildman–Crippen MR) is 78.4 cm³/mol. The molecule has 1 saturated heterocycles. The van der Waals surface area contributed by atoms with Crippen molar-refractivity contribution < 1.29 is 14.3 Å². The predicted octanol–water partition coefficient (Wildman–Crippen LogP) is 1.71. The average Bonchev–Trinajstić information content (AvgIpc) is 2.93. The quantitative estimate of drug-likeness (QED) is 0.656. The Labute approximate surface area is 122 Å². The maximum absolute atomic E-state index is 11.8. The minimum absolute atomic E-state index is 0.00208. The first kappa shape index (κ1) is 17.0. The Hall–Kier alpha value is -1.10. The molecule has 0 aromatic rings. The molecule has 5 nitrogen and oxygen atoms in total. The number of ether oxygens (including phenoxy) is 1. The van der Waals surface area contributed by atoms with Crippen molar-refractivity contribution in [3.05, 3.63) is 0 Å². The lowest BCUT2D eigenvalue weighted by Crippen LogP contribution is -2.36. The molecule has 0 aliphatic carbocycles. The van der Waals surface area contributed by atoms with Crippen LogP contribution in [0.15, 0.2) is 0 Å². The molecule has 0 saturated carbocycles. The van der Waals surface area contributed by atoms with Crippen LogP contribution in [0.4, 0.5) is 0 Å². The molecule has 2 amide bonds. The van der Waals surface area contributed by atoms with E-state index in [9.17, 15) is 9.59 Å². The fraction of sp³-hybridized carbons (Fsp3) is 0.867. The molecule has 0 spiro atoms. The lowest BCUT2D eigenvalue weighted by atomic mass is 10.2. The van der Waals surface area contributed by atoms with E-state index in [0.29, 0.717) is 19.5 Å². The van der Waals surface area contributed by atoms with Gasteiger partial charge < -0.3 is 15.0 Å². The summed E-state index contributed by atoms with van der Waals surface area (Å²) in [6.45, 7) is 6.36. The molecule has 1 heterocycles. The number of nitrogens with one attached hydrogen (secondary N) is 1. The van der Waals surface area contributed by atoms with Crippen LogP contribution in [0, 0.1) is 0 Å². The second kappa shape index (κ2) is 9.75. The third kappa shape index (κ3) is 6.89. The normalized spacial score (nSPS) is 18.0. The van der Waals surface area contributed by atoms with Crippen molar-refractivity contribution in [3.8, 4) is 0 Å². The van der Waals surface area contributed by atoms with E-state index in [2.05, 4.69) is 12.2 Å². The van der Waals surface area contributed by atoms with Gasteiger partial charge in [-0.25, -0.2) is 0 Å². The van der Waals surface area contributed by atoms with Crippen LogP contribution in [0.1, 0.15) is 52.4 Å². The fourth-order valence-corrected chi connectivity index (χ4v) is 2.34. The van der Waals surface area contributed by atoms with Gasteiger partial charge in [-0.1, -0.05) is 19.8 Å². The summed E-state index contributed by atoms with van der Waals surface area (Å²) in [5, 5.41) is 2.88. The number of nitrogens with zero attached hydrogens (tertiary/aromatic N) is 1. The Balaban J connectivity index is 2.16. The average molecular weight is 284 g/mol. The molecular formula is C15H28N2O3. The molecule has 20 heavy (non-hydrogen) atoms. The zero-order valence-corrected chi connectivity index (χ0v) is 12.8. The monoisotopic (exact) mass is 284 g/mol. The van der Waals surface area contributed by atoms with Crippen LogP contribution in [-0.4, -0.2) is 49.1 Å². The Bertz CT molecular complexity index is 301. The van der Waals surface area contributed by atoms with Crippen molar-refractivity contribution in [2.75, 3.05) is 26.2 Å². The van der Waals surface area contributed by atoms with Crippen LogP contribution < -0.4 is 5.32 Å². The SMILES string of the molecule is CCCCCN(CCC(=O)NCC1CCCO1)C(C)=O. The number of amides is 2. The lowest BCUT2D eigenvalue weighted by molar-refractivity contribution is -0.129. The molecule has 0 bridgehead atoms. The van der Waals surface area contributed by atoms with Gasteiger partial charge in [-0.15, -0.1) is 0 Å². The van der Waals surface area contributed by atoms with Crippen LogP contribution >= 0.6 is 0 Å². The number of rotatable bonds is 9. The van der Waals surface area contributed by atoms with Gasteiger partial charge in [-0.05, 0) is 19.3 Å². The summed E-state index contributed by atoms with van der Waals surface area (Å²) >= 11 is 0. The highest BCUT2D eigenvalue weighted by Gasteiger charge is 2.16. The Morgan fingerprint density at radius 3 is 2.70 bits per heavy atom. The molecule has 1 aliphatic rings. The minimum Gasteiger partial charge on any atom is -0.376 e. The molecule has 1 rings (SSSR count). The molecule has 0 aromatic heterocycles. The molecule has 1 N–H and O–H groups in total. The maximum Gasteiger partial charge on any atom is 0.221 e. The molecule has 1 fully saturated rings. The van der Waals surface area contributed by atoms with Crippen molar-refractivity contribution in [3.63, 3.8) is 0 Å². The second-order valence-electron chi connectivity index (χ2n) is 5.40. The van der Waals surface area contributed by atoms with Crippen molar-refractivity contribution in [2.24, 2.45) is 0 Å². The highest BCUT2D eigenvalue weighted by molar-refractivity contribution is 5.78. The lowest BCUT2D eigenvalue weighted by Gasteiger charge is -2.21. The summed E-state index contributed by atoms with van der Waals surface area (Å²) in [4.78, 5) is 25.0. The van der Waals surface area contributed by atoms with E-state index in [4.69, 9.17) is 4.74 Å². The van der Waals surface area contributed by atoms with Gasteiger partial charge in [0, 0.05) is 39.6 Å². The Morgan fingerprint density at radius 1 is 1.30 bits per heavy atom. The standard InChI is InChI=1S/C15H28N2O3/c1-3-4-5-9-17(13(2)18)10-8-15(19)16-12-14-7-6-11-20-14/h14H,3-12H2,1-2H3,(H,16,19). The third-order valence-corrected chi connectivity index (χ3v) is 3.64. The zero-order chi connectivity index (χ0) is 14.8. The van der Waals surface area contributed by atoms with Gasteiger partial charge in [-0.2, -0.15) is 0 Å². The molecule has 1 atom stereocenters. The first-order chi connectivity index (χ1) is 9.63. The number of hydrogen-bond acceptors (Lipinski definition) is 3. The van der Waals surface area contributed by atoms with Gasteiger partial charge in [0.15, 0.2) is 0 Å². The topological polar surface area (TPSA) is 58.6 Å². The summed E-state index contributed by atoms with van der Waals surface area (Å²) < 4.78 is 5.45. The van der Waals surface area contributed by atoms with Crippen LogP contribution in [0.3, 0.4) is 0 Å². The smallest absolute Gasteiger partial charge is 0.221 e. The van der Waals surface area contributed by atoms with Crippen LogP contribution in [0.5, 0.6) is 0 Å². The third-order valence-electron chi connectivity index (χ3n) is 3.64. The molecule has 1 aliphatic heterocycles. The van der Waals surface area contributed by atoms with Crippen LogP contribution in [0.2, 0.25) is 0 Å². The van der Waals surface area contributed by atoms with E-state index >= 15 is 0 Å². The number of carbonyl (C=O) groups excluding carboxylic acids is 2. The molecule has 5 heteroatoms. The van der Waals surface area contributed by atoms with Crippen molar-refractivity contribution >= 4 is 11.8 Å². The molecular weight excluding hydrogens is 256 g/mol. The maximum atomic E-state index is 11.8. The van der Waals surface area contributed by atoms with E-state index in [-0.39, 0.29) is 17.9 Å². The zero-order valence-electron chi connectivity index (χ0n) is 12.8. The van der Waals surface area contributed by atoms with Crippen molar-refractivity contribution in [1.29, 1.82) is 0 Å². The van der Waals surface area contributed by atoms with Crippen LogP contribution in [-0.2, 0) is 14.3 Å². The highest BCUT2D eigenvalue weighted by Crippen LogP contribution is 2.10. The Morgan fingerprint density at radius 2 is 2.10 bits per heavy atom. The van der Waals surface area contributed by atoms with Crippen molar-refractivity contribution in [2.45, 2.75) is 58.5 Å². The van der Waals surface area contributed by atoms with E-state index in [1.807, 2.05) is 0 Å². The number of hydrogen-bond donors (Lipinski definition) is 1. The van der Waals surface area contributed by atoms with E-state index in [0.717, 1.165) is 45.3 Å². The van der Waals surface area contributed by atoms with Crippen LogP contribution in [0.25, 0.3) is 0 Å². The summed E-state index contributed by atoms with van der Waals surface area (Å²) in [7, 11) is 0. The molecule has 116 valence electrons. The molecule has 1 unspecified atom stereocenters. The largest absolute Gasteiger partial charge is 0.376 e. The van der Waals surface area contributed by atoms with Gasteiger partial charge >= 0.3 is 0 Å². The van der Waals surface area contributed by atoms with Crippen molar-refractivity contribution in [1.82, 2.24) is 10.2 Å². The van der Waals surface area contributed by atoms with Gasteiger partial charge in [0.1, 0.15) is 0 Å². The van der Waals surface area contributed by atoms with Gasteiger partial charge in [0.25, 0.3) is 0 Å². The minimum atomic E-state index is 0.00208. The number of carbonyl (C=O) groups is 2. The summed E-state index contributed by atoms with van der Waals surface area (Å²) in [6.07, 6.45) is 5.91.